The lowest BCUT2D eigenvalue weighted by Crippen LogP contribution is -2.45. The van der Waals surface area contributed by atoms with E-state index in [9.17, 15) is 9.90 Å². The normalized spacial score (nSPS) is 15.2. The number of hydrogen-bond acceptors (Lipinski definition) is 2. The molecule has 0 saturated heterocycles. The van der Waals surface area contributed by atoms with E-state index in [0.29, 0.717) is 24.0 Å². The third-order valence-corrected chi connectivity index (χ3v) is 4.38. The average Bonchev–Trinajstić information content (AvgIpc) is 2.29. The molecule has 1 aliphatic carbocycles. The van der Waals surface area contributed by atoms with Gasteiger partial charge in [0.15, 0.2) is 0 Å². The molecule has 0 aliphatic heterocycles. The summed E-state index contributed by atoms with van der Waals surface area (Å²) in [6.07, 6.45) is 3.28. The van der Waals surface area contributed by atoms with Gasteiger partial charge in [-0.3, -0.25) is 4.79 Å². The van der Waals surface area contributed by atoms with Gasteiger partial charge in [0.1, 0.15) is 5.75 Å². The maximum Gasteiger partial charge on any atom is 0.254 e. The summed E-state index contributed by atoms with van der Waals surface area (Å²) in [5.41, 5.74) is 0.532. The second-order valence-corrected chi connectivity index (χ2v) is 5.98. The smallest absolute Gasteiger partial charge is 0.254 e. The van der Waals surface area contributed by atoms with E-state index < -0.39 is 0 Å². The van der Waals surface area contributed by atoms with Crippen molar-refractivity contribution in [3.8, 4) is 5.75 Å². The lowest BCUT2D eigenvalue weighted by atomic mass is 9.91. The monoisotopic (exact) mass is 379 g/mol. The molecule has 0 heterocycles. The Kier molecular flexibility index (Phi) is 4.72. The van der Waals surface area contributed by atoms with Crippen molar-refractivity contribution in [1.29, 1.82) is 0 Å². The van der Waals surface area contributed by atoms with Gasteiger partial charge in [0.25, 0.3) is 5.91 Å². The molecular formula is C13H15ClINO2. The number of benzene rings is 1. The van der Waals surface area contributed by atoms with Gasteiger partial charge in [0, 0.05) is 24.0 Å². The summed E-state index contributed by atoms with van der Waals surface area (Å²) in [4.78, 5) is 14.2. The largest absolute Gasteiger partial charge is 0.507 e. The van der Waals surface area contributed by atoms with Crippen LogP contribution in [0.2, 0.25) is 0 Å². The Balaban J connectivity index is 2.18. The van der Waals surface area contributed by atoms with Gasteiger partial charge < -0.3 is 10.0 Å². The van der Waals surface area contributed by atoms with Crippen LogP contribution in [0.1, 0.15) is 29.6 Å². The van der Waals surface area contributed by atoms with Crippen molar-refractivity contribution in [2.24, 2.45) is 0 Å². The maximum absolute atomic E-state index is 12.4. The summed E-state index contributed by atoms with van der Waals surface area (Å²) in [6, 6.07) is 5.36. The van der Waals surface area contributed by atoms with Gasteiger partial charge in [-0.15, -0.1) is 11.6 Å². The highest BCUT2D eigenvalue weighted by Crippen LogP contribution is 2.27. The van der Waals surface area contributed by atoms with Crippen molar-refractivity contribution in [3.05, 3.63) is 27.3 Å². The summed E-state index contributed by atoms with van der Waals surface area (Å²) < 4.78 is 0.747. The molecule has 1 N–H and O–H groups in total. The molecule has 1 aromatic rings. The van der Waals surface area contributed by atoms with Gasteiger partial charge in [0.2, 0.25) is 0 Å². The predicted molar refractivity (Wildman–Crippen MR) is 80.2 cm³/mol. The Morgan fingerprint density at radius 1 is 1.50 bits per heavy atom. The third-order valence-electron chi connectivity index (χ3n) is 3.29. The first-order chi connectivity index (χ1) is 8.63. The number of nitrogens with zero attached hydrogens (tertiary/aromatic N) is 1. The Morgan fingerprint density at radius 2 is 2.22 bits per heavy atom. The first-order valence-corrected chi connectivity index (χ1v) is 7.60. The Bertz CT molecular complexity index is 449. The first-order valence-electron chi connectivity index (χ1n) is 5.99. The standard InChI is InChI=1S/C13H15ClINO2/c14-6-7-16(10-2-1-3-10)13(18)9-4-5-11(15)12(17)8-9/h4-5,8,10,17H,1-3,6-7H2. The molecule has 0 aromatic heterocycles. The SMILES string of the molecule is O=C(c1ccc(I)c(O)c1)N(CCCl)C1CCC1. The Hall–Kier alpha value is -0.490. The summed E-state index contributed by atoms with van der Waals surface area (Å²) in [7, 11) is 0. The zero-order chi connectivity index (χ0) is 13.1. The highest BCUT2D eigenvalue weighted by Gasteiger charge is 2.29. The summed E-state index contributed by atoms with van der Waals surface area (Å²) in [6.45, 7) is 0.567. The quantitative estimate of drug-likeness (QED) is 0.644. The second kappa shape index (κ2) is 6.10. The third kappa shape index (κ3) is 2.91. The zero-order valence-corrected chi connectivity index (χ0v) is 12.8. The fraction of sp³-hybridized carbons (Fsp3) is 0.462. The highest BCUT2D eigenvalue weighted by atomic mass is 127. The molecule has 98 valence electrons. The van der Waals surface area contributed by atoms with Gasteiger partial charge in [0.05, 0.1) is 3.57 Å². The van der Waals surface area contributed by atoms with Crippen LogP contribution in [-0.2, 0) is 0 Å². The minimum atomic E-state index is -0.0351. The Morgan fingerprint density at radius 3 is 2.72 bits per heavy atom. The Labute approximate surface area is 125 Å². The van der Waals surface area contributed by atoms with Crippen LogP contribution in [-0.4, -0.2) is 34.4 Å². The predicted octanol–water partition coefficient (Wildman–Crippen LogP) is 3.23. The van der Waals surface area contributed by atoms with Crippen molar-refractivity contribution in [2.75, 3.05) is 12.4 Å². The van der Waals surface area contributed by atoms with E-state index in [2.05, 4.69) is 0 Å². The van der Waals surface area contributed by atoms with Crippen LogP contribution < -0.4 is 0 Å². The lowest BCUT2D eigenvalue weighted by Gasteiger charge is -2.37. The van der Waals surface area contributed by atoms with Crippen LogP contribution in [0.25, 0.3) is 0 Å². The number of aromatic hydroxyl groups is 1. The van der Waals surface area contributed by atoms with Crippen molar-refractivity contribution >= 4 is 40.1 Å². The molecule has 1 fully saturated rings. The van der Waals surface area contributed by atoms with E-state index in [1.165, 1.54) is 12.5 Å². The van der Waals surface area contributed by atoms with Crippen LogP contribution in [0.5, 0.6) is 5.75 Å². The topological polar surface area (TPSA) is 40.5 Å². The summed E-state index contributed by atoms with van der Waals surface area (Å²) in [5, 5.41) is 9.67. The number of amides is 1. The fourth-order valence-electron chi connectivity index (χ4n) is 2.05. The first kappa shape index (κ1) is 13.9. The van der Waals surface area contributed by atoms with E-state index in [1.807, 2.05) is 27.5 Å². The van der Waals surface area contributed by atoms with Gasteiger partial charge in [-0.25, -0.2) is 0 Å². The van der Waals surface area contributed by atoms with Gasteiger partial charge >= 0.3 is 0 Å². The molecule has 0 unspecified atom stereocenters. The molecule has 5 heteroatoms. The highest BCUT2D eigenvalue weighted by molar-refractivity contribution is 14.1. The number of alkyl halides is 1. The zero-order valence-electron chi connectivity index (χ0n) is 9.90. The summed E-state index contributed by atoms with van der Waals surface area (Å²) in [5.74, 6) is 0.562. The fourth-order valence-corrected chi connectivity index (χ4v) is 2.57. The van der Waals surface area contributed by atoms with Gasteiger partial charge in [-0.2, -0.15) is 0 Å². The molecule has 0 radical (unpaired) electrons. The molecule has 0 atom stereocenters. The van der Waals surface area contributed by atoms with E-state index in [1.54, 1.807) is 12.1 Å². The molecule has 1 aromatic carbocycles. The van der Waals surface area contributed by atoms with Crippen LogP contribution >= 0.6 is 34.2 Å². The van der Waals surface area contributed by atoms with Gasteiger partial charge in [-0.05, 0) is 60.1 Å². The second-order valence-electron chi connectivity index (χ2n) is 4.44. The van der Waals surface area contributed by atoms with Crippen LogP contribution in [0.4, 0.5) is 0 Å². The van der Waals surface area contributed by atoms with Crippen molar-refractivity contribution in [3.63, 3.8) is 0 Å². The van der Waals surface area contributed by atoms with E-state index in [-0.39, 0.29) is 11.7 Å². The number of rotatable bonds is 4. The van der Waals surface area contributed by atoms with Crippen LogP contribution in [0, 0.1) is 3.57 Å². The number of halogens is 2. The number of hydrogen-bond donors (Lipinski definition) is 1. The van der Waals surface area contributed by atoms with E-state index in [4.69, 9.17) is 11.6 Å². The number of carbonyl (C=O) groups is 1. The summed E-state index contributed by atoms with van der Waals surface area (Å²) >= 11 is 7.80. The molecule has 0 bridgehead atoms. The molecule has 18 heavy (non-hydrogen) atoms. The van der Waals surface area contributed by atoms with Crippen molar-refractivity contribution in [2.45, 2.75) is 25.3 Å². The lowest BCUT2D eigenvalue weighted by molar-refractivity contribution is 0.0597. The van der Waals surface area contributed by atoms with Crippen LogP contribution in [0.15, 0.2) is 18.2 Å². The molecule has 0 spiro atoms. The average molecular weight is 380 g/mol. The maximum atomic E-state index is 12.4. The number of phenols is 1. The molecule has 1 amide bonds. The van der Waals surface area contributed by atoms with Crippen molar-refractivity contribution < 1.29 is 9.90 Å². The van der Waals surface area contributed by atoms with Crippen LogP contribution in [0.3, 0.4) is 0 Å². The molecule has 3 nitrogen and oxygen atoms in total. The molecule has 1 aliphatic rings. The molecular weight excluding hydrogens is 365 g/mol. The van der Waals surface area contributed by atoms with Gasteiger partial charge in [-0.1, -0.05) is 0 Å². The van der Waals surface area contributed by atoms with Crippen molar-refractivity contribution in [1.82, 2.24) is 4.90 Å². The molecule has 2 rings (SSSR count). The van der Waals surface area contributed by atoms with E-state index in [0.717, 1.165) is 16.4 Å². The number of phenolic OH excluding ortho intramolecular Hbond substituents is 1. The minimum Gasteiger partial charge on any atom is -0.507 e. The molecule has 1 saturated carbocycles. The minimum absolute atomic E-state index is 0.0351. The number of carbonyl (C=O) groups excluding carboxylic acids is 1. The van der Waals surface area contributed by atoms with E-state index >= 15 is 0 Å².